The second-order valence-electron chi connectivity index (χ2n) is 5.88. The predicted octanol–water partition coefficient (Wildman–Crippen LogP) is 2.54. The van der Waals surface area contributed by atoms with Gasteiger partial charge in [-0.15, -0.1) is 0 Å². The normalized spacial score (nSPS) is 21.8. The maximum Gasteiger partial charge on any atom is 0.0948 e. The Hall–Kier alpha value is -0.870. The molecule has 1 aliphatic rings. The molecule has 2 rings (SSSR count). The Morgan fingerprint density at radius 2 is 2.32 bits per heavy atom. The zero-order valence-corrected chi connectivity index (χ0v) is 12.2. The monoisotopic (exact) mass is 265 g/mol. The number of nitrogens with two attached hydrogens (primary N) is 1. The van der Waals surface area contributed by atoms with E-state index in [0.717, 1.165) is 19.6 Å². The van der Waals surface area contributed by atoms with Crippen molar-refractivity contribution >= 4 is 0 Å². The molecule has 0 aliphatic carbocycles. The van der Waals surface area contributed by atoms with Crippen molar-refractivity contribution in [2.75, 3.05) is 13.2 Å². The Bertz CT molecular complexity index is 369. The summed E-state index contributed by atoms with van der Waals surface area (Å²) in [7, 11) is 0. The highest BCUT2D eigenvalue weighted by atomic mass is 16.5. The number of aromatic nitrogens is 2. The number of hydrogen-bond donors (Lipinski definition) is 1. The smallest absolute Gasteiger partial charge is 0.0948 e. The number of ether oxygens (including phenoxy) is 1. The van der Waals surface area contributed by atoms with E-state index in [1.54, 1.807) is 0 Å². The Morgan fingerprint density at radius 3 is 2.95 bits per heavy atom. The second kappa shape index (κ2) is 7.06. The van der Waals surface area contributed by atoms with Crippen LogP contribution in [0.1, 0.15) is 51.1 Å². The van der Waals surface area contributed by atoms with Crippen molar-refractivity contribution in [1.29, 1.82) is 0 Å². The molecule has 4 heteroatoms. The van der Waals surface area contributed by atoms with Crippen LogP contribution in [-0.2, 0) is 11.3 Å². The molecule has 1 saturated heterocycles. The van der Waals surface area contributed by atoms with Crippen LogP contribution in [0.25, 0.3) is 0 Å². The summed E-state index contributed by atoms with van der Waals surface area (Å²) in [5.74, 6) is 0.946. The summed E-state index contributed by atoms with van der Waals surface area (Å²) in [4.78, 5) is 4.30. The lowest BCUT2D eigenvalue weighted by atomic mass is 9.93. The Morgan fingerprint density at radius 1 is 1.47 bits per heavy atom. The van der Waals surface area contributed by atoms with E-state index in [9.17, 15) is 0 Å². The van der Waals surface area contributed by atoms with Crippen LogP contribution in [0.4, 0.5) is 0 Å². The Balaban J connectivity index is 1.94. The minimum atomic E-state index is 0.398. The first-order valence-electron chi connectivity index (χ1n) is 7.54. The van der Waals surface area contributed by atoms with Gasteiger partial charge in [0.1, 0.15) is 0 Å². The fourth-order valence-corrected chi connectivity index (χ4v) is 2.88. The van der Waals surface area contributed by atoms with Crippen LogP contribution in [0.2, 0.25) is 0 Å². The molecule has 0 aromatic carbocycles. The summed E-state index contributed by atoms with van der Waals surface area (Å²) >= 11 is 0. The fourth-order valence-electron chi connectivity index (χ4n) is 2.88. The van der Waals surface area contributed by atoms with Gasteiger partial charge in [0.25, 0.3) is 0 Å². The van der Waals surface area contributed by atoms with E-state index in [1.165, 1.54) is 25.0 Å². The van der Waals surface area contributed by atoms with Crippen molar-refractivity contribution in [3.05, 3.63) is 18.2 Å². The first-order chi connectivity index (χ1) is 9.22. The predicted molar refractivity (Wildman–Crippen MR) is 77.1 cm³/mol. The van der Waals surface area contributed by atoms with Crippen LogP contribution in [0.5, 0.6) is 0 Å². The van der Waals surface area contributed by atoms with E-state index in [1.807, 2.05) is 12.5 Å². The zero-order valence-electron chi connectivity index (χ0n) is 12.2. The summed E-state index contributed by atoms with van der Waals surface area (Å²) in [6.45, 7) is 7.05. The molecule has 0 amide bonds. The van der Waals surface area contributed by atoms with Crippen LogP contribution < -0.4 is 5.73 Å². The quantitative estimate of drug-likeness (QED) is 0.860. The molecular formula is C15H27N3O. The van der Waals surface area contributed by atoms with Gasteiger partial charge in [0.05, 0.1) is 12.4 Å². The van der Waals surface area contributed by atoms with Crippen molar-refractivity contribution in [2.24, 2.45) is 11.7 Å². The molecule has 1 fully saturated rings. The first-order valence-corrected chi connectivity index (χ1v) is 7.54. The van der Waals surface area contributed by atoms with Crippen molar-refractivity contribution < 1.29 is 4.74 Å². The summed E-state index contributed by atoms with van der Waals surface area (Å²) < 4.78 is 8.05. The van der Waals surface area contributed by atoms with Gasteiger partial charge in [-0.1, -0.05) is 13.8 Å². The average molecular weight is 265 g/mol. The topological polar surface area (TPSA) is 53.1 Å². The fraction of sp³-hybridized carbons (Fsp3) is 0.800. The summed E-state index contributed by atoms with van der Waals surface area (Å²) in [6.07, 6.45) is 9.14. The molecule has 1 aromatic rings. The third-order valence-electron chi connectivity index (χ3n) is 4.15. The standard InChI is InChI=1S/C15H27N3O/c1-12(2)14(9-16)15-10-17-11-18(15)7-6-13-5-3-4-8-19-13/h10-14H,3-9,16H2,1-2H3. The molecule has 2 atom stereocenters. The molecule has 19 heavy (non-hydrogen) atoms. The van der Waals surface area contributed by atoms with E-state index in [-0.39, 0.29) is 0 Å². The third-order valence-corrected chi connectivity index (χ3v) is 4.15. The molecule has 2 unspecified atom stereocenters. The molecule has 0 spiro atoms. The molecule has 0 saturated carbocycles. The van der Waals surface area contributed by atoms with Crippen LogP contribution in [0.15, 0.2) is 12.5 Å². The van der Waals surface area contributed by atoms with Crippen molar-refractivity contribution in [2.45, 2.75) is 58.1 Å². The molecular weight excluding hydrogens is 238 g/mol. The largest absolute Gasteiger partial charge is 0.378 e. The van der Waals surface area contributed by atoms with Gasteiger partial charge in [0.2, 0.25) is 0 Å². The maximum absolute atomic E-state index is 5.91. The summed E-state index contributed by atoms with van der Waals surface area (Å²) in [5, 5.41) is 0. The van der Waals surface area contributed by atoms with Crippen LogP contribution in [-0.4, -0.2) is 28.8 Å². The van der Waals surface area contributed by atoms with Gasteiger partial charge >= 0.3 is 0 Å². The minimum Gasteiger partial charge on any atom is -0.378 e. The maximum atomic E-state index is 5.91. The summed E-state index contributed by atoms with van der Waals surface area (Å²) in [6, 6.07) is 0. The average Bonchev–Trinajstić information content (AvgIpc) is 2.86. The molecule has 108 valence electrons. The van der Waals surface area contributed by atoms with E-state index in [0.29, 0.717) is 24.5 Å². The van der Waals surface area contributed by atoms with Gasteiger partial charge in [-0.25, -0.2) is 4.98 Å². The molecule has 1 aliphatic heterocycles. The number of hydrogen-bond acceptors (Lipinski definition) is 3. The van der Waals surface area contributed by atoms with Gasteiger partial charge in [0.15, 0.2) is 0 Å². The lowest BCUT2D eigenvalue weighted by Gasteiger charge is -2.24. The van der Waals surface area contributed by atoms with Gasteiger partial charge in [-0.2, -0.15) is 0 Å². The molecule has 0 bridgehead atoms. The van der Waals surface area contributed by atoms with Gasteiger partial charge in [-0.05, 0) is 31.6 Å². The van der Waals surface area contributed by atoms with Crippen molar-refractivity contribution in [3.63, 3.8) is 0 Å². The Labute approximate surface area is 116 Å². The molecule has 0 radical (unpaired) electrons. The van der Waals surface area contributed by atoms with Crippen molar-refractivity contribution in [1.82, 2.24) is 9.55 Å². The van der Waals surface area contributed by atoms with Gasteiger partial charge in [0, 0.05) is 37.5 Å². The van der Waals surface area contributed by atoms with Crippen molar-refractivity contribution in [3.8, 4) is 0 Å². The van der Waals surface area contributed by atoms with E-state index in [4.69, 9.17) is 10.5 Å². The number of nitrogens with zero attached hydrogens (tertiary/aromatic N) is 2. The first kappa shape index (κ1) is 14.5. The van der Waals surface area contributed by atoms with Crippen LogP contribution >= 0.6 is 0 Å². The second-order valence-corrected chi connectivity index (χ2v) is 5.88. The lowest BCUT2D eigenvalue weighted by molar-refractivity contribution is 0.00864. The van der Waals surface area contributed by atoms with Crippen LogP contribution in [0.3, 0.4) is 0 Å². The SMILES string of the molecule is CC(C)C(CN)c1cncn1CCC1CCCCO1. The third kappa shape index (κ3) is 3.80. The highest BCUT2D eigenvalue weighted by molar-refractivity contribution is 5.08. The van der Waals surface area contributed by atoms with Gasteiger partial charge in [-0.3, -0.25) is 0 Å². The summed E-state index contributed by atoms with van der Waals surface area (Å²) in [5.41, 5.74) is 7.18. The minimum absolute atomic E-state index is 0.398. The Kier molecular flexibility index (Phi) is 5.40. The molecule has 2 N–H and O–H groups in total. The van der Waals surface area contributed by atoms with E-state index >= 15 is 0 Å². The number of imidazole rings is 1. The van der Waals surface area contributed by atoms with Crippen LogP contribution in [0, 0.1) is 5.92 Å². The number of aryl methyl sites for hydroxylation is 1. The molecule has 1 aromatic heterocycles. The molecule has 4 nitrogen and oxygen atoms in total. The lowest BCUT2D eigenvalue weighted by Crippen LogP contribution is -2.23. The van der Waals surface area contributed by atoms with E-state index in [2.05, 4.69) is 23.4 Å². The highest BCUT2D eigenvalue weighted by Gasteiger charge is 2.19. The number of rotatable bonds is 6. The van der Waals surface area contributed by atoms with E-state index < -0.39 is 0 Å². The highest BCUT2D eigenvalue weighted by Crippen LogP contribution is 2.24. The van der Waals surface area contributed by atoms with Gasteiger partial charge < -0.3 is 15.0 Å². The molecule has 2 heterocycles. The zero-order chi connectivity index (χ0) is 13.7.